The summed E-state index contributed by atoms with van der Waals surface area (Å²) in [6.45, 7) is 9.15. The van der Waals surface area contributed by atoms with Crippen molar-refractivity contribution in [1.82, 2.24) is 19.7 Å². The molecular weight excluding hydrogens is 264 g/mol. The Bertz CT molecular complexity index is 564. The van der Waals surface area contributed by atoms with Crippen LogP contribution in [0.5, 0.6) is 0 Å². The number of aliphatic hydroxyl groups is 1. The van der Waals surface area contributed by atoms with Crippen molar-refractivity contribution in [2.45, 2.75) is 46.2 Å². The summed E-state index contributed by atoms with van der Waals surface area (Å²) in [6.07, 6.45) is 6.13. The number of aromatic nitrogens is 3. The first kappa shape index (κ1) is 15.9. The van der Waals surface area contributed by atoms with E-state index in [1.807, 2.05) is 17.1 Å². The number of nitrogens with zero attached hydrogens (tertiary/aromatic N) is 4. The number of rotatable bonds is 8. The molecule has 2 aromatic heterocycles. The molecule has 21 heavy (non-hydrogen) atoms. The van der Waals surface area contributed by atoms with Gasteiger partial charge in [0.05, 0.1) is 12.8 Å². The molecule has 5 nitrogen and oxygen atoms in total. The summed E-state index contributed by atoms with van der Waals surface area (Å²) < 4.78 is 1.95. The number of unbranched alkanes of at least 4 members (excludes halogenated alkanes) is 1. The maximum absolute atomic E-state index is 9.18. The van der Waals surface area contributed by atoms with E-state index in [9.17, 15) is 5.11 Å². The van der Waals surface area contributed by atoms with E-state index in [0.29, 0.717) is 12.6 Å². The topological polar surface area (TPSA) is 54.2 Å². The van der Waals surface area contributed by atoms with Crippen LogP contribution in [-0.2, 0) is 6.54 Å². The summed E-state index contributed by atoms with van der Waals surface area (Å²) in [5.74, 6) is 0. The van der Waals surface area contributed by atoms with Crippen molar-refractivity contribution in [1.29, 1.82) is 0 Å². The molecule has 2 aromatic rings. The average Bonchev–Trinajstić information content (AvgIpc) is 2.88. The van der Waals surface area contributed by atoms with E-state index in [1.54, 1.807) is 0 Å². The van der Waals surface area contributed by atoms with Gasteiger partial charge in [-0.05, 0) is 38.4 Å². The molecule has 0 unspecified atom stereocenters. The molecule has 0 radical (unpaired) electrons. The molecule has 2 rings (SSSR count). The maximum Gasteiger partial charge on any atom is 0.157 e. The number of fused-ring (bicyclic) bond motifs is 1. The fourth-order valence-electron chi connectivity index (χ4n) is 2.50. The second-order valence-corrected chi connectivity index (χ2v) is 5.79. The molecular formula is C16H26N4O. The Labute approximate surface area is 126 Å². The Morgan fingerprint density at radius 3 is 2.76 bits per heavy atom. The highest BCUT2D eigenvalue weighted by Gasteiger charge is 2.10. The fraction of sp³-hybridized carbons (Fsp3) is 0.625. The zero-order valence-electron chi connectivity index (χ0n) is 13.3. The highest BCUT2D eigenvalue weighted by atomic mass is 16.3. The van der Waals surface area contributed by atoms with Crippen molar-refractivity contribution >= 4 is 11.0 Å². The molecule has 0 aliphatic rings. The highest BCUT2D eigenvalue weighted by Crippen LogP contribution is 2.17. The molecule has 116 valence electrons. The van der Waals surface area contributed by atoms with Gasteiger partial charge < -0.3 is 5.11 Å². The van der Waals surface area contributed by atoms with E-state index in [2.05, 4.69) is 41.8 Å². The van der Waals surface area contributed by atoms with Crippen LogP contribution < -0.4 is 0 Å². The highest BCUT2D eigenvalue weighted by molar-refractivity contribution is 5.75. The van der Waals surface area contributed by atoms with Gasteiger partial charge in [0.15, 0.2) is 5.65 Å². The number of aliphatic hydroxyl groups excluding tert-OH is 1. The minimum absolute atomic E-state index is 0.199. The molecule has 0 aliphatic heterocycles. The number of hydrogen-bond acceptors (Lipinski definition) is 4. The zero-order chi connectivity index (χ0) is 15.2. The molecule has 0 saturated carbocycles. The second-order valence-electron chi connectivity index (χ2n) is 5.79. The Morgan fingerprint density at radius 2 is 2.10 bits per heavy atom. The van der Waals surface area contributed by atoms with Crippen molar-refractivity contribution in [2.24, 2.45) is 0 Å². The molecule has 0 aromatic carbocycles. The summed E-state index contributed by atoms with van der Waals surface area (Å²) in [4.78, 5) is 6.84. The molecule has 2 heterocycles. The van der Waals surface area contributed by atoms with E-state index >= 15 is 0 Å². The van der Waals surface area contributed by atoms with Gasteiger partial charge in [-0.15, -0.1) is 0 Å². The van der Waals surface area contributed by atoms with Crippen molar-refractivity contribution in [3.05, 3.63) is 24.0 Å². The molecule has 5 heteroatoms. The summed E-state index contributed by atoms with van der Waals surface area (Å²) in [6, 6.07) is 2.47. The van der Waals surface area contributed by atoms with Crippen LogP contribution in [0.1, 0.15) is 45.2 Å². The first-order valence-corrected chi connectivity index (χ1v) is 7.81. The van der Waals surface area contributed by atoms with Crippen molar-refractivity contribution in [3.8, 4) is 0 Å². The maximum atomic E-state index is 9.18. The van der Waals surface area contributed by atoms with Crippen LogP contribution in [0, 0.1) is 0 Å². The molecule has 0 saturated heterocycles. The van der Waals surface area contributed by atoms with Crippen molar-refractivity contribution < 1.29 is 5.11 Å². The normalized spacial score (nSPS) is 11.9. The lowest BCUT2D eigenvalue weighted by molar-refractivity contribution is 0.188. The van der Waals surface area contributed by atoms with Crippen molar-refractivity contribution in [2.75, 3.05) is 19.7 Å². The summed E-state index contributed by atoms with van der Waals surface area (Å²) in [5.41, 5.74) is 2.12. The van der Waals surface area contributed by atoms with Crippen LogP contribution in [0.25, 0.3) is 11.0 Å². The Hall–Kier alpha value is -1.46. The SMILES string of the molecule is CCCCN(CCO)Cc1cnc2c(cnn2C(C)C)c1. The van der Waals surface area contributed by atoms with Crippen LogP contribution in [0.2, 0.25) is 0 Å². The van der Waals surface area contributed by atoms with Gasteiger partial charge in [-0.2, -0.15) is 5.10 Å². The third kappa shape index (κ3) is 4.02. The Kier molecular flexibility index (Phi) is 5.70. The van der Waals surface area contributed by atoms with Gasteiger partial charge in [-0.25, -0.2) is 9.67 Å². The molecule has 0 atom stereocenters. The van der Waals surface area contributed by atoms with Gasteiger partial charge in [-0.3, -0.25) is 4.90 Å². The quantitative estimate of drug-likeness (QED) is 0.812. The van der Waals surface area contributed by atoms with Gasteiger partial charge in [0, 0.05) is 30.7 Å². The molecule has 0 amide bonds. The number of pyridine rings is 1. The molecule has 0 spiro atoms. The summed E-state index contributed by atoms with van der Waals surface area (Å²) in [7, 11) is 0. The van der Waals surface area contributed by atoms with Crippen LogP contribution in [-0.4, -0.2) is 44.5 Å². The third-order valence-corrected chi connectivity index (χ3v) is 3.63. The minimum atomic E-state index is 0.199. The predicted octanol–water partition coefficient (Wildman–Crippen LogP) is 2.61. The standard InChI is InChI=1S/C16H26N4O/c1-4-5-6-19(7-8-21)12-14-9-15-11-18-20(13(2)3)16(15)17-10-14/h9-11,13,21H,4-8,12H2,1-3H3. The van der Waals surface area contributed by atoms with Crippen molar-refractivity contribution in [3.63, 3.8) is 0 Å². The summed E-state index contributed by atoms with van der Waals surface area (Å²) >= 11 is 0. The van der Waals surface area contributed by atoms with Gasteiger partial charge in [-0.1, -0.05) is 13.3 Å². The smallest absolute Gasteiger partial charge is 0.157 e. The van der Waals surface area contributed by atoms with Crippen LogP contribution in [0.4, 0.5) is 0 Å². The Morgan fingerprint density at radius 1 is 1.29 bits per heavy atom. The minimum Gasteiger partial charge on any atom is -0.395 e. The van der Waals surface area contributed by atoms with Crippen LogP contribution in [0.3, 0.4) is 0 Å². The summed E-state index contributed by atoms with van der Waals surface area (Å²) in [5, 5.41) is 14.7. The van der Waals surface area contributed by atoms with E-state index in [0.717, 1.165) is 30.5 Å². The van der Waals surface area contributed by atoms with E-state index in [-0.39, 0.29) is 6.61 Å². The molecule has 1 N–H and O–H groups in total. The lowest BCUT2D eigenvalue weighted by atomic mass is 10.2. The molecule has 0 fully saturated rings. The van der Waals surface area contributed by atoms with Crippen LogP contribution in [0.15, 0.2) is 18.5 Å². The van der Waals surface area contributed by atoms with Gasteiger partial charge in [0.1, 0.15) is 0 Å². The first-order chi connectivity index (χ1) is 10.2. The van der Waals surface area contributed by atoms with Gasteiger partial charge in [0.2, 0.25) is 0 Å². The van der Waals surface area contributed by atoms with E-state index in [1.165, 1.54) is 12.0 Å². The van der Waals surface area contributed by atoms with E-state index in [4.69, 9.17) is 0 Å². The van der Waals surface area contributed by atoms with Gasteiger partial charge >= 0.3 is 0 Å². The third-order valence-electron chi connectivity index (χ3n) is 3.63. The van der Waals surface area contributed by atoms with E-state index < -0.39 is 0 Å². The largest absolute Gasteiger partial charge is 0.395 e. The number of hydrogen-bond donors (Lipinski definition) is 1. The van der Waals surface area contributed by atoms with Crippen LogP contribution >= 0.6 is 0 Å². The Balaban J connectivity index is 2.14. The lowest BCUT2D eigenvalue weighted by Gasteiger charge is -2.21. The second kappa shape index (κ2) is 7.52. The lowest BCUT2D eigenvalue weighted by Crippen LogP contribution is -2.27. The zero-order valence-corrected chi connectivity index (χ0v) is 13.3. The fourth-order valence-corrected chi connectivity index (χ4v) is 2.50. The van der Waals surface area contributed by atoms with Gasteiger partial charge in [0.25, 0.3) is 0 Å². The average molecular weight is 290 g/mol. The monoisotopic (exact) mass is 290 g/mol. The molecule has 0 aliphatic carbocycles. The molecule has 0 bridgehead atoms. The predicted molar refractivity (Wildman–Crippen MR) is 85.2 cm³/mol. The first-order valence-electron chi connectivity index (χ1n) is 7.81.